The molecule has 1 aliphatic carbocycles. The Bertz CT molecular complexity index is 846. The zero-order valence-corrected chi connectivity index (χ0v) is 16.6. The van der Waals surface area contributed by atoms with Crippen LogP contribution in [0.15, 0.2) is 42.5 Å². The van der Waals surface area contributed by atoms with Crippen LogP contribution in [-0.4, -0.2) is 23.5 Å². The van der Waals surface area contributed by atoms with Crippen LogP contribution in [0.4, 0.5) is 17.1 Å². The Morgan fingerprint density at radius 1 is 1.10 bits per heavy atom. The molecule has 0 bridgehead atoms. The largest absolute Gasteiger partial charge is 0.462 e. The fourth-order valence-corrected chi connectivity index (χ4v) is 3.56. The molecule has 1 aliphatic rings. The molecule has 7 nitrogen and oxygen atoms in total. The number of nitrogens with zero attached hydrogens (tertiary/aromatic N) is 1. The van der Waals surface area contributed by atoms with Crippen LogP contribution in [0.1, 0.15) is 54.9 Å². The number of nitro groups is 1. The Morgan fingerprint density at radius 3 is 2.48 bits per heavy atom. The van der Waals surface area contributed by atoms with Crippen LogP contribution in [0, 0.1) is 10.1 Å². The van der Waals surface area contributed by atoms with Crippen LogP contribution in [0.25, 0.3) is 0 Å². The van der Waals surface area contributed by atoms with Gasteiger partial charge in [0.15, 0.2) is 0 Å². The number of rotatable bonds is 8. The van der Waals surface area contributed by atoms with E-state index < -0.39 is 4.92 Å². The van der Waals surface area contributed by atoms with Gasteiger partial charge >= 0.3 is 5.97 Å². The molecule has 0 atom stereocenters. The molecule has 0 amide bonds. The van der Waals surface area contributed by atoms with Gasteiger partial charge in [0.05, 0.1) is 28.5 Å². The lowest BCUT2D eigenvalue weighted by atomic mass is 9.95. The summed E-state index contributed by atoms with van der Waals surface area (Å²) in [5.74, 6) is -0.352. The number of anilines is 2. The number of nitrogens with one attached hydrogen (secondary N) is 2. The van der Waals surface area contributed by atoms with Gasteiger partial charge in [-0.05, 0) is 43.5 Å². The van der Waals surface area contributed by atoms with E-state index in [9.17, 15) is 14.9 Å². The van der Waals surface area contributed by atoms with Crippen LogP contribution in [-0.2, 0) is 11.3 Å². The van der Waals surface area contributed by atoms with Gasteiger partial charge in [-0.25, -0.2) is 4.79 Å². The molecule has 0 heterocycles. The van der Waals surface area contributed by atoms with E-state index >= 15 is 0 Å². The van der Waals surface area contributed by atoms with Crippen molar-refractivity contribution < 1.29 is 14.5 Å². The molecule has 0 saturated heterocycles. The smallest absolute Gasteiger partial charge is 0.338 e. The summed E-state index contributed by atoms with van der Waals surface area (Å²) in [4.78, 5) is 22.5. The summed E-state index contributed by atoms with van der Waals surface area (Å²) in [6, 6.07) is 12.4. The number of hydrogen-bond acceptors (Lipinski definition) is 6. The fraction of sp³-hybridized carbons (Fsp3) is 0.409. The summed E-state index contributed by atoms with van der Waals surface area (Å²) >= 11 is 0. The second kappa shape index (κ2) is 9.91. The lowest BCUT2D eigenvalue weighted by Gasteiger charge is -2.25. The molecule has 0 aromatic heterocycles. The maximum Gasteiger partial charge on any atom is 0.338 e. The maximum atomic E-state index is 12.1. The molecule has 1 fully saturated rings. The Labute approximate surface area is 170 Å². The van der Waals surface area contributed by atoms with Gasteiger partial charge < -0.3 is 15.4 Å². The normalized spacial score (nSPS) is 14.2. The van der Waals surface area contributed by atoms with E-state index in [2.05, 4.69) is 10.6 Å². The Hall–Kier alpha value is -3.09. The zero-order chi connectivity index (χ0) is 20.6. The molecule has 2 aromatic carbocycles. The number of carbonyl (C=O) groups is 1. The van der Waals surface area contributed by atoms with E-state index in [1.807, 2.05) is 6.07 Å². The van der Waals surface area contributed by atoms with E-state index in [1.54, 1.807) is 31.2 Å². The summed E-state index contributed by atoms with van der Waals surface area (Å²) in [5, 5.41) is 17.8. The van der Waals surface area contributed by atoms with Crippen LogP contribution in [0.5, 0.6) is 0 Å². The maximum absolute atomic E-state index is 12.1. The van der Waals surface area contributed by atoms with E-state index in [-0.39, 0.29) is 11.7 Å². The van der Waals surface area contributed by atoms with Gasteiger partial charge in [0, 0.05) is 24.7 Å². The number of benzene rings is 2. The predicted molar refractivity (Wildman–Crippen MR) is 113 cm³/mol. The number of carbonyl (C=O) groups excluding carboxylic acids is 1. The molecule has 2 aromatic rings. The van der Waals surface area contributed by atoms with Gasteiger partial charge in [-0.15, -0.1) is 0 Å². The minimum Gasteiger partial charge on any atom is -0.462 e. The van der Waals surface area contributed by atoms with Crippen molar-refractivity contribution in [1.29, 1.82) is 0 Å². The highest BCUT2D eigenvalue weighted by Crippen LogP contribution is 2.29. The second-order valence-electron chi connectivity index (χ2n) is 7.24. The van der Waals surface area contributed by atoms with Crippen molar-refractivity contribution in [2.24, 2.45) is 0 Å². The van der Waals surface area contributed by atoms with Gasteiger partial charge in [0.2, 0.25) is 0 Å². The van der Waals surface area contributed by atoms with E-state index in [4.69, 9.17) is 4.74 Å². The average Bonchev–Trinajstić information content (AvgIpc) is 2.74. The number of hydrogen-bond donors (Lipinski definition) is 2. The van der Waals surface area contributed by atoms with Crippen molar-refractivity contribution in [3.05, 3.63) is 63.7 Å². The highest BCUT2D eigenvalue weighted by Gasteiger charge is 2.16. The van der Waals surface area contributed by atoms with Crippen LogP contribution in [0.2, 0.25) is 0 Å². The minimum absolute atomic E-state index is 0.0673. The van der Waals surface area contributed by atoms with Crippen molar-refractivity contribution in [2.75, 3.05) is 17.2 Å². The third-order valence-corrected chi connectivity index (χ3v) is 5.13. The molecule has 0 spiro atoms. The summed E-state index contributed by atoms with van der Waals surface area (Å²) < 4.78 is 5.12. The Balaban J connectivity index is 1.77. The highest BCUT2D eigenvalue weighted by molar-refractivity contribution is 5.92. The van der Waals surface area contributed by atoms with Crippen LogP contribution >= 0.6 is 0 Å². The first-order valence-corrected chi connectivity index (χ1v) is 10.1. The van der Waals surface area contributed by atoms with Crippen molar-refractivity contribution in [3.63, 3.8) is 0 Å². The first-order valence-electron chi connectivity index (χ1n) is 10.1. The van der Waals surface area contributed by atoms with Crippen LogP contribution < -0.4 is 10.6 Å². The quantitative estimate of drug-likeness (QED) is 0.364. The molecular formula is C22H27N3O4. The standard InChI is InChI=1S/C22H27N3O4/c1-2-29-22(26)17-10-13-20(24-18-6-4-3-5-7-18)21(14-17)23-15-16-8-11-19(12-9-16)25(27)28/h8-14,18,23-24H,2-7,15H2,1H3. The molecule has 1 saturated carbocycles. The lowest BCUT2D eigenvalue weighted by molar-refractivity contribution is -0.384. The second-order valence-corrected chi connectivity index (χ2v) is 7.24. The van der Waals surface area contributed by atoms with Gasteiger partial charge in [0.25, 0.3) is 5.69 Å². The van der Waals surface area contributed by atoms with Gasteiger partial charge in [-0.1, -0.05) is 31.4 Å². The number of non-ortho nitro benzene ring substituents is 1. The molecule has 29 heavy (non-hydrogen) atoms. The minimum atomic E-state index is -0.410. The van der Waals surface area contributed by atoms with E-state index in [1.165, 1.54) is 31.4 Å². The number of nitro benzene ring substituents is 1. The molecule has 0 aliphatic heterocycles. The van der Waals surface area contributed by atoms with Crippen molar-refractivity contribution in [2.45, 2.75) is 51.6 Å². The van der Waals surface area contributed by atoms with Crippen molar-refractivity contribution in [3.8, 4) is 0 Å². The fourth-order valence-electron chi connectivity index (χ4n) is 3.56. The van der Waals surface area contributed by atoms with Crippen molar-refractivity contribution >= 4 is 23.0 Å². The third-order valence-electron chi connectivity index (χ3n) is 5.13. The predicted octanol–water partition coefficient (Wildman–Crippen LogP) is 5.13. The summed E-state index contributed by atoms with van der Waals surface area (Å²) in [5.41, 5.74) is 3.25. The first-order chi connectivity index (χ1) is 14.1. The summed E-state index contributed by atoms with van der Waals surface area (Å²) in [6.07, 6.45) is 6.02. The zero-order valence-electron chi connectivity index (χ0n) is 16.6. The topological polar surface area (TPSA) is 93.5 Å². The molecule has 0 unspecified atom stereocenters. The molecule has 3 rings (SSSR count). The Morgan fingerprint density at radius 2 is 1.83 bits per heavy atom. The van der Waals surface area contributed by atoms with Crippen molar-refractivity contribution in [1.82, 2.24) is 0 Å². The number of esters is 1. The average molecular weight is 397 g/mol. The monoisotopic (exact) mass is 397 g/mol. The molecule has 2 N–H and O–H groups in total. The number of ether oxygens (including phenoxy) is 1. The summed E-state index contributed by atoms with van der Waals surface area (Å²) in [7, 11) is 0. The SMILES string of the molecule is CCOC(=O)c1ccc(NC2CCCCC2)c(NCc2ccc([N+](=O)[O-])cc2)c1. The van der Waals surface area contributed by atoms with Gasteiger partial charge in [-0.3, -0.25) is 10.1 Å². The van der Waals surface area contributed by atoms with E-state index in [0.29, 0.717) is 24.8 Å². The molecule has 7 heteroatoms. The first kappa shape index (κ1) is 20.6. The van der Waals surface area contributed by atoms with Crippen LogP contribution in [0.3, 0.4) is 0 Å². The highest BCUT2D eigenvalue weighted by atomic mass is 16.6. The van der Waals surface area contributed by atoms with Gasteiger partial charge in [-0.2, -0.15) is 0 Å². The van der Waals surface area contributed by atoms with Gasteiger partial charge in [0.1, 0.15) is 0 Å². The lowest BCUT2D eigenvalue weighted by Crippen LogP contribution is -2.23. The molecular weight excluding hydrogens is 370 g/mol. The molecule has 0 radical (unpaired) electrons. The summed E-state index contributed by atoms with van der Waals surface area (Å²) in [6.45, 7) is 2.60. The van der Waals surface area contributed by atoms with E-state index in [0.717, 1.165) is 29.8 Å². The molecule has 154 valence electrons. The Kier molecular flexibility index (Phi) is 7.05. The third kappa shape index (κ3) is 5.70.